The number of hydrogen-bond donors (Lipinski definition) is 1. The van der Waals surface area contributed by atoms with Gasteiger partial charge in [0.05, 0.1) is 18.9 Å². The quantitative estimate of drug-likeness (QED) is 0.661. The molecule has 0 atom stereocenters. The van der Waals surface area contributed by atoms with Crippen LogP contribution in [0.15, 0.2) is 47.1 Å². The summed E-state index contributed by atoms with van der Waals surface area (Å²) in [5.74, 6) is -0.626. The second-order valence-electron chi connectivity index (χ2n) is 6.07. The van der Waals surface area contributed by atoms with Gasteiger partial charge in [0.2, 0.25) is 5.96 Å². The minimum Gasteiger partial charge on any atom is -0.466 e. The third-order valence-corrected chi connectivity index (χ3v) is 3.79. The molecule has 2 aromatic rings. The largest absolute Gasteiger partial charge is 0.466 e. The molecule has 1 amide bonds. The first-order chi connectivity index (χ1) is 12.9. The number of amides is 1. The molecule has 0 unspecified atom stereocenters. The van der Waals surface area contributed by atoms with Crippen LogP contribution in [0, 0.1) is 20.8 Å². The first-order valence-electron chi connectivity index (χ1n) is 8.26. The summed E-state index contributed by atoms with van der Waals surface area (Å²) in [6, 6.07) is 9.22. The monoisotopic (exact) mass is 365 g/mol. The first kappa shape index (κ1) is 18.2. The number of aryl methyl sites for hydroxylation is 3. The van der Waals surface area contributed by atoms with Crippen LogP contribution in [0.2, 0.25) is 0 Å². The molecule has 0 aliphatic carbocycles. The average molecular weight is 365 g/mol. The van der Waals surface area contributed by atoms with Crippen LogP contribution in [0.5, 0.6) is 0 Å². The fraction of sp³-hybridized carbons (Fsp3) is 0.211. The van der Waals surface area contributed by atoms with Crippen molar-refractivity contribution in [2.75, 3.05) is 12.0 Å². The predicted molar refractivity (Wildman–Crippen MR) is 101 cm³/mol. The molecule has 0 bridgehead atoms. The topological polar surface area (TPSA) is 96.8 Å². The molecule has 0 saturated carbocycles. The summed E-state index contributed by atoms with van der Waals surface area (Å²) in [5.41, 5.74) is 3.18. The Kier molecular flexibility index (Phi) is 4.98. The number of hydrogen-bond acceptors (Lipinski definition) is 6. The zero-order valence-corrected chi connectivity index (χ0v) is 15.5. The summed E-state index contributed by atoms with van der Waals surface area (Å²) in [6.45, 7) is 5.60. The number of benzene rings is 1. The maximum absolute atomic E-state index is 12.9. The number of ether oxygens (including phenoxy) is 1. The Bertz CT molecular complexity index is 961. The molecule has 3 rings (SSSR count). The maximum Gasteiger partial charge on any atom is 0.332 e. The number of nitrogens with one attached hydrogen (secondary N) is 1. The molecule has 2 heterocycles. The Morgan fingerprint density at radius 3 is 2.52 bits per heavy atom. The predicted octanol–water partition coefficient (Wildman–Crippen LogP) is 2.08. The summed E-state index contributed by atoms with van der Waals surface area (Å²) in [5, 5.41) is 2.87. The van der Waals surface area contributed by atoms with E-state index < -0.39 is 11.9 Å². The van der Waals surface area contributed by atoms with Crippen LogP contribution in [0.25, 0.3) is 0 Å². The first-order valence-corrected chi connectivity index (χ1v) is 8.26. The van der Waals surface area contributed by atoms with Crippen molar-refractivity contribution in [3.63, 3.8) is 0 Å². The van der Waals surface area contributed by atoms with Crippen LogP contribution >= 0.6 is 0 Å². The lowest BCUT2D eigenvalue weighted by molar-refractivity contribution is -0.135. The fourth-order valence-electron chi connectivity index (χ4n) is 2.66. The molecular formula is C19H19N5O3. The highest BCUT2D eigenvalue weighted by molar-refractivity contribution is 6.29. The molecule has 138 valence electrons. The Morgan fingerprint density at radius 2 is 1.89 bits per heavy atom. The van der Waals surface area contributed by atoms with Crippen molar-refractivity contribution in [3.05, 3.63) is 59.1 Å². The zero-order chi connectivity index (χ0) is 19.6. The van der Waals surface area contributed by atoms with Gasteiger partial charge in [0.25, 0.3) is 11.9 Å². The van der Waals surface area contributed by atoms with E-state index >= 15 is 0 Å². The van der Waals surface area contributed by atoms with E-state index in [4.69, 9.17) is 0 Å². The minimum absolute atomic E-state index is 0.0616. The lowest BCUT2D eigenvalue weighted by Crippen LogP contribution is -2.32. The van der Waals surface area contributed by atoms with Gasteiger partial charge in [-0.1, -0.05) is 12.1 Å². The van der Waals surface area contributed by atoms with Crippen molar-refractivity contribution in [2.24, 2.45) is 4.99 Å². The smallest absolute Gasteiger partial charge is 0.332 e. The highest BCUT2D eigenvalue weighted by Crippen LogP contribution is 2.23. The molecule has 27 heavy (non-hydrogen) atoms. The van der Waals surface area contributed by atoms with Gasteiger partial charge in [-0.05, 0) is 44.5 Å². The van der Waals surface area contributed by atoms with Crippen molar-refractivity contribution >= 4 is 29.5 Å². The highest BCUT2D eigenvalue weighted by Gasteiger charge is 2.34. The van der Waals surface area contributed by atoms with Crippen LogP contribution in [0.3, 0.4) is 0 Å². The van der Waals surface area contributed by atoms with Gasteiger partial charge in [-0.3, -0.25) is 4.79 Å². The van der Waals surface area contributed by atoms with Crippen LogP contribution in [-0.2, 0) is 14.3 Å². The molecule has 1 aliphatic heterocycles. The van der Waals surface area contributed by atoms with Gasteiger partial charge >= 0.3 is 5.97 Å². The second-order valence-corrected chi connectivity index (χ2v) is 6.07. The summed E-state index contributed by atoms with van der Waals surface area (Å²) >= 11 is 0. The van der Waals surface area contributed by atoms with E-state index in [1.54, 1.807) is 6.07 Å². The Balaban J connectivity index is 2.10. The number of carbonyl (C=O) groups excluding carboxylic acids is 2. The minimum atomic E-state index is -0.640. The number of aromatic nitrogens is 2. The molecule has 1 aromatic carbocycles. The van der Waals surface area contributed by atoms with Crippen LogP contribution < -0.4 is 10.2 Å². The van der Waals surface area contributed by atoms with Crippen LogP contribution in [-0.4, -0.2) is 34.9 Å². The van der Waals surface area contributed by atoms with E-state index in [0.717, 1.165) is 23.0 Å². The van der Waals surface area contributed by atoms with Crippen molar-refractivity contribution in [2.45, 2.75) is 20.8 Å². The SMILES string of the molecule is COC(=O)C=C1N/C(=N\c2nc(C)cc(C)n2)N(c2cccc(C)c2)C1=O. The summed E-state index contributed by atoms with van der Waals surface area (Å²) in [7, 11) is 1.25. The number of guanidine groups is 1. The molecule has 8 heteroatoms. The number of anilines is 1. The van der Waals surface area contributed by atoms with Gasteiger partial charge in [0, 0.05) is 11.4 Å². The molecule has 1 aliphatic rings. The van der Waals surface area contributed by atoms with Gasteiger partial charge < -0.3 is 10.1 Å². The van der Waals surface area contributed by atoms with E-state index in [1.165, 1.54) is 12.0 Å². The van der Waals surface area contributed by atoms with Crippen molar-refractivity contribution in [1.29, 1.82) is 0 Å². The van der Waals surface area contributed by atoms with Crippen LogP contribution in [0.4, 0.5) is 11.6 Å². The maximum atomic E-state index is 12.9. The number of aliphatic imine (C=N–C) groups is 1. The van der Waals surface area contributed by atoms with Gasteiger partial charge in [-0.2, -0.15) is 4.99 Å². The van der Waals surface area contributed by atoms with Crippen molar-refractivity contribution in [3.8, 4) is 0 Å². The van der Waals surface area contributed by atoms with E-state index in [0.29, 0.717) is 5.69 Å². The van der Waals surface area contributed by atoms with E-state index in [1.807, 2.05) is 45.0 Å². The molecule has 0 radical (unpaired) electrons. The number of methoxy groups -OCH3 is 1. The zero-order valence-electron chi connectivity index (χ0n) is 15.5. The second kappa shape index (κ2) is 7.36. The molecular weight excluding hydrogens is 346 g/mol. The van der Waals surface area contributed by atoms with Gasteiger partial charge in [0.15, 0.2) is 0 Å². The number of carbonyl (C=O) groups is 2. The normalized spacial score (nSPS) is 16.7. The summed E-state index contributed by atoms with van der Waals surface area (Å²) < 4.78 is 4.61. The summed E-state index contributed by atoms with van der Waals surface area (Å²) in [6.07, 6.45) is 1.09. The van der Waals surface area contributed by atoms with E-state index in [2.05, 4.69) is 25.0 Å². The average Bonchev–Trinajstić information content (AvgIpc) is 2.89. The molecule has 1 aromatic heterocycles. The standard InChI is InChI=1S/C19H19N5O3/c1-11-6-5-7-14(8-11)24-17(26)15(10-16(25)27-4)22-19(24)23-18-20-12(2)9-13(3)21-18/h5-10H,1-4H3,(H,20,21,22,23). The van der Waals surface area contributed by atoms with Gasteiger partial charge in [-0.15, -0.1) is 0 Å². The third-order valence-electron chi connectivity index (χ3n) is 3.79. The highest BCUT2D eigenvalue weighted by atomic mass is 16.5. The van der Waals surface area contributed by atoms with Gasteiger partial charge in [0.1, 0.15) is 5.70 Å². The van der Waals surface area contributed by atoms with Gasteiger partial charge in [-0.25, -0.2) is 19.7 Å². The van der Waals surface area contributed by atoms with Crippen LogP contribution in [0.1, 0.15) is 17.0 Å². The number of rotatable bonds is 3. The Hall–Kier alpha value is -3.55. The third kappa shape index (κ3) is 4.00. The van der Waals surface area contributed by atoms with E-state index in [9.17, 15) is 9.59 Å². The summed E-state index contributed by atoms with van der Waals surface area (Å²) in [4.78, 5) is 38.8. The fourth-order valence-corrected chi connectivity index (χ4v) is 2.66. The molecule has 1 saturated heterocycles. The van der Waals surface area contributed by atoms with Crippen molar-refractivity contribution in [1.82, 2.24) is 15.3 Å². The number of nitrogens with zero attached hydrogens (tertiary/aromatic N) is 4. The van der Waals surface area contributed by atoms with Crippen molar-refractivity contribution < 1.29 is 14.3 Å². The van der Waals surface area contributed by atoms with E-state index in [-0.39, 0.29) is 17.6 Å². The lowest BCUT2D eigenvalue weighted by Gasteiger charge is -2.15. The Morgan fingerprint density at radius 1 is 1.19 bits per heavy atom. The molecule has 1 fully saturated rings. The lowest BCUT2D eigenvalue weighted by atomic mass is 10.2. The Labute approximate surface area is 156 Å². The molecule has 0 spiro atoms. The molecule has 1 N–H and O–H groups in total. The number of esters is 1. The molecule has 8 nitrogen and oxygen atoms in total.